The predicted octanol–water partition coefficient (Wildman–Crippen LogP) is 3.49. The third-order valence-corrected chi connectivity index (χ3v) is 4.32. The van der Waals surface area contributed by atoms with E-state index >= 15 is 0 Å². The van der Waals surface area contributed by atoms with E-state index in [9.17, 15) is 9.90 Å². The molecule has 126 valence electrons. The molecule has 0 saturated heterocycles. The number of aromatic nitrogens is 2. The van der Waals surface area contributed by atoms with Crippen LogP contribution in [0, 0.1) is 0 Å². The number of nitrogens with zero attached hydrogens (tertiary/aromatic N) is 2. The Labute approximate surface area is 145 Å². The van der Waals surface area contributed by atoms with Crippen molar-refractivity contribution in [3.8, 4) is 5.69 Å². The summed E-state index contributed by atoms with van der Waals surface area (Å²) < 4.78 is 1.71. The van der Waals surface area contributed by atoms with Crippen molar-refractivity contribution in [1.29, 1.82) is 0 Å². The van der Waals surface area contributed by atoms with E-state index < -0.39 is 0 Å². The number of para-hydroxylation sites is 1. The smallest absolute Gasteiger partial charge is 0.274 e. The minimum absolute atomic E-state index is 0.0580. The summed E-state index contributed by atoms with van der Waals surface area (Å²) in [6.07, 6.45) is 2.26. The van der Waals surface area contributed by atoms with Gasteiger partial charge in [-0.2, -0.15) is 5.10 Å². The summed E-state index contributed by atoms with van der Waals surface area (Å²) in [5, 5.41) is 16.8. The monoisotopic (exact) mass is 333 g/mol. The molecule has 1 heterocycles. The molecule has 5 heteroatoms. The zero-order chi connectivity index (χ0) is 17.2. The number of aliphatic hydroxyl groups is 1. The van der Waals surface area contributed by atoms with Crippen molar-refractivity contribution in [2.24, 2.45) is 0 Å². The first-order valence-corrected chi connectivity index (χ1v) is 8.41. The maximum Gasteiger partial charge on any atom is 0.274 e. The summed E-state index contributed by atoms with van der Waals surface area (Å²) in [6.45, 7) is -0.0580. The van der Waals surface area contributed by atoms with E-state index in [0.717, 1.165) is 29.8 Å². The lowest BCUT2D eigenvalue weighted by atomic mass is 10.2. The molecular formula is C20H19N3O2. The highest BCUT2D eigenvalue weighted by Crippen LogP contribution is 2.39. The topological polar surface area (TPSA) is 67.2 Å². The van der Waals surface area contributed by atoms with Crippen LogP contribution in [0.3, 0.4) is 0 Å². The quantitative estimate of drug-likeness (QED) is 0.751. The van der Waals surface area contributed by atoms with Gasteiger partial charge in [0.1, 0.15) is 5.69 Å². The molecule has 0 atom stereocenters. The van der Waals surface area contributed by atoms with Gasteiger partial charge in [-0.1, -0.05) is 30.3 Å². The molecule has 1 aromatic heterocycles. The van der Waals surface area contributed by atoms with Crippen LogP contribution in [-0.2, 0) is 6.61 Å². The number of hydrogen-bond acceptors (Lipinski definition) is 3. The summed E-state index contributed by atoms with van der Waals surface area (Å²) >= 11 is 0. The molecule has 0 aliphatic heterocycles. The maximum atomic E-state index is 12.8. The fourth-order valence-electron chi connectivity index (χ4n) is 2.85. The molecule has 3 aromatic rings. The van der Waals surface area contributed by atoms with E-state index in [4.69, 9.17) is 0 Å². The molecule has 0 radical (unpaired) electrons. The Morgan fingerprint density at radius 3 is 2.64 bits per heavy atom. The first-order valence-electron chi connectivity index (χ1n) is 8.41. The van der Waals surface area contributed by atoms with Crippen molar-refractivity contribution in [3.05, 3.63) is 77.6 Å². The van der Waals surface area contributed by atoms with Crippen molar-refractivity contribution in [1.82, 2.24) is 9.78 Å². The molecule has 0 unspecified atom stereocenters. The second-order valence-corrected chi connectivity index (χ2v) is 6.29. The number of aliphatic hydroxyl groups excluding tert-OH is 1. The number of nitrogens with one attached hydrogen (secondary N) is 1. The molecule has 2 N–H and O–H groups in total. The molecule has 1 aliphatic carbocycles. The largest absolute Gasteiger partial charge is 0.392 e. The van der Waals surface area contributed by atoms with E-state index in [-0.39, 0.29) is 12.5 Å². The van der Waals surface area contributed by atoms with Gasteiger partial charge in [0.25, 0.3) is 5.91 Å². The Morgan fingerprint density at radius 1 is 1.12 bits per heavy atom. The van der Waals surface area contributed by atoms with Gasteiger partial charge in [0, 0.05) is 11.6 Å². The van der Waals surface area contributed by atoms with Crippen molar-refractivity contribution < 1.29 is 9.90 Å². The van der Waals surface area contributed by atoms with Crippen LogP contribution in [0.1, 0.15) is 40.5 Å². The number of amides is 1. The molecule has 0 spiro atoms. The Bertz CT molecular complexity index is 898. The average Bonchev–Trinajstić information content (AvgIpc) is 3.41. The zero-order valence-corrected chi connectivity index (χ0v) is 13.7. The van der Waals surface area contributed by atoms with E-state index in [1.807, 2.05) is 54.6 Å². The Hall–Kier alpha value is -2.92. The lowest BCUT2D eigenvalue weighted by Gasteiger charge is -2.09. The molecule has 0 bridgehead atoms. The van der Waals surface area contributed by atoms with Gasteiger partial charge in [-0.05, 0) is 48.7 Å². The van der Waals surface area contributed by atoms with Crippen molar-refractivity contribution in [2.75, 3.05) is 5.32 Å². The molecule has 4 rings (SSSR count). The lowest BCUT2D eigenvalue weighted by Crippen LogP contribution is -2.17. The first-order chi connectivity index (χ1) is 12.2. The van der Waals surface area contributed by atoms with E-state index in [2.05, 4.69) is 10.4 Å². The maximum absolute atomic E-state index is 12.8. The highest BCUT2D eigenvalue weighted by molar-refractivity contribution is 6.03. The molecule has 1 fully saturated rings. The van der Waals surface area contributed by atoms with Gasteiger partial charge < -0.3 is 10.4 Å². The first kappa shape index (κ1) is 15.6. The van der Waals surface area contributed by atoms with Gasteiger partial charge in [-0.15, -0.1) is 0 Å². The van der Waals surface area contributed by atoms with Crippen LogP contribution in [0.4, 0.5) is 5.69 Å². The molecule has 1 amide bonds. The standard InChI is InChI=1S/C20H19N3O2/c24-13-14-5-4-6-16(11-14)21-20(25)19-12-18(15-9-10-15)22-23(19)17-7-2-1-3-8-17/h1-8,11-12,15,24H,9-10,13H2,(H,21,25). The minimum atomic E-state index is -0.210. The van der Waals surface area contributed by atoms with Crippen LogP contribution >= 0.6 is 0 Å². The van der Waals surface area contributed by atoms with Crippen molar-refractivity contribution in [3.63, 3.8) is 0 Å². The van der Waals surface area contributed by atoms with E-state index in [1.54, 1.807) is 10.7 Å². The Morgan fingerprint density at radius 2 is 1.92 bits per heavy atom. The highest BCUT2D eigenvalue weighted by Gasteiger charge is 2.29. The number of carbonyl (C=O) groups is 1. The SMILES string of the molecule is O=C(Nc1cccc(CO)c1)c1cc(C2CC2)nn1-c1ccccc1. The fraction of sp³-hybridized carbons (Fsp3) is 0.200. The Kier molecular flexibility index (Phi) is 4.07. The van der Waals surface area contributed by atoms with E-state index in [0.29, 0.717) is 17.3 Å². The second-order valence-electron chi connectivity index (χ2n) is 6.29. The van der Waals surface area contributed by atoms with Gasteiger partial charge >= 0.3 is 0 Å². The summed E-state index contributed by atoms with van der Waals surface area (Å²) in [5.41, 5.74) is 3.77. The van der Waals surface area contributed by atoms with Crippen molar-refractivity contribution in [2.45, 2.75) is 25.4 Å². The fourth-order valence-corrected chi connectivity index (χ4v) is 2.85. The number of anilines is 1. The summed E-state index contributed by atoms with van der Waals surface area (Å²) in [4.78, 5) is 12.8. The van der Waals surface area contributed by atoms with Crippen LogP contribution in [0.25, 0.3) is 5.69 Å². The third kappa shape index (κ3) is 3.32. The predicted molar refractivity (Wildman–Crippen MR) is 95.9 cm³/mol. The van der Waals surface area contributed by atoms with Gasteiger partial charge in [0.2, 0.25) is 0 Å². The van der Waals surface area contributed by atoms with Gasteiger partial charge in [0.05, 0.1) is 18.0 Å². The average molecular weight is 333 g/mol. The number of rotatable bonds is 5. The van der Waals surface area contributed by atoms with Crippen molar-refractivity contribution >= 4 is 11.6 Å². The normalized spacial score (nSPS) is 13.6. The minimum Gasteiger partial charge on any atom is -0.392 e. The van der Waals surface area contributed by atoms with Crippen LogP contribution < -0.4 is 5.32 Å². The van der Waals surface area contributed by atoms with Gasteiger partial charge in [-0.25, -0.2) is 4.68 Å². The summed E-state index contributed by atoms with van der Waals surface area (Å²) in [6, 6.07) is 18.8. The molecule has 1 aliphatic rings. The number of carbonyl (C=O) groups excluding carboxylic acids is 1. The molecular weight excluding hydrogens is 314 g/mol. The zero-order valence-electron chi connectivity index (χ0n) is 13.7. The van der Waals surface area contributed by atoms with Gasteiger partial charge in [0.15, 0.2) is 0 Å². The van der Waals surface area contributed by atoms with Crippen LogP contribution in [0.2, 0.25) is 0 Å². The molecule has 25 heavy (non-hydrogen) atoms. The highest BCUT2D eigenvalue weighted by atomic mass is 16.3. The van der Waals surface area contributed by atoms with Gasteiger partial charge in [-0.3, -0.25) is 4.79 Å². The van der Waals surface area contributed by atoms with E-state index in [1.165, 1.54) is 0 Å². The number of benzene rings is 2. The molecule has 2 aromatic carbocycles. The Balaban J connectivity index is 1.67. The summed E-state index contributed by atoms with van der Waals surface area (Å²) in [5.74, 6) is 0.257. The second kappa shape index (κ2) is 6.53. The third-order valence-electron chi connectivity index (χ3n) is 4.32. The molecule has 1 saturated carbocycles. The lowest BCUT2D eigenvalue weighted by molar-refractivity contribution is 0.101. The number of hydrogen-bond donors (Lipinski definition) is 2. The summed E-state index contributed by atoms with van der Waals surface area (Å²) in [7, 11) is 0. The van der Waals surface area contributed by atoms with Crippen LogP contribution in [-0.4, -0.2) is 20.8 Å². The van der Waals surface area contributed by atoms with Crippen LogP contribution in [0.5, 0.6) is 0 Å². The van der Waals surface area contributed by atoms with Crippen LogP contribution in [0.15, 0.2) is 60.7 Å². The molecule has 5 nitrogen and oxygen atoms in total.